The predicted octanol–water partition coefficient (Wildman–Crippen LogP) is 3.78. The topological polar surface area (TPSA) is 29.1 Å². The highest BCUT2D eigenvalue weighted by molar-refractivity contribution is 5.94. The molecule has 0 spiro atoms. The van der Waals surface area contributed by atoms with Crippen LogP contribution < -0.4 is 5.32 Å². The fourth-order valence-electron chi connectivity index (χ4n) is 2.81. The summed E-state index contributed by atoms with van der Waals surface area (Å²) in [5.41, 5.74) is 0.762. The molecule has 2 nitrogen and oxygen atoms in total. The van der Waals surface area contributed by atoms with Gasteiger partial charge < -0.3 is 5.32 Å². The van der Waals surface area contributed by atoms with E-state index >= 15 is 0 Å². The quantitative estimate of drug-likeness (QED) is 0.807. The Morgan fingerprint density at radius 1 is 1.11 bits per heavy atom. The van der Waals surface area contributed by atoms with Gasteiger partial charge in [0.2, 0.25) is 0 Å². The summed E-state index contributed by atoms with van der Waals surface area (Å²) in [6.07, 6.45) is 7.87. The van der Waals surface area contributed by atoms with Gasteiger partial charge in [0, 0.05) is 11.6 Å². The van der Waals surface area contributed by atoms with Crippen LogP contribution in [0.2, 0.25) is 0 Å². The third-order valence-electron chi connectivity index (χ3n) is 4.00. The van der Waals surface area contributed by atoms with Gasteiger partial charge in [0.05, 0.1) is 0 Å². The molecule has 0 aromatic heterocycles. The molecule has 98 valence electrons. The van der Waals surface area contributed by atoms with Crippen molar-refractivity contribution in [3.63, 3.8) is 0 Å². The number of hydrogen-bond acceptors (Lipinski definition) is 1. The summed E-state index contributed by atoms with van der Waals surface area (Å²) in [5, 5.41) is 3.15. The van der Waals surface area contributed by atoms with Gasteiger partial charge in [0.25, 0.3) is 5.91 Å². The van der Waals surface area contributed by atoms with Crippen LogP contribution in [0.25, 0.3) is 0 Å². The Kier molecular flexibility index (Phi) is 4.80. The van der Waals surface area contributed by atoms with E-state index in [1.165, 1.54) is 38.5 Å². The molecule has 1 fully saturated rings. The summed E-state index contributed by atoms with van der Waals surface area (Å²) in [5.74, 6) is 0.715. The Labute approximate surface area is 110 Å². The normalized spacial score (nSPS) is 18.9. The van der Waals surface area contributed by atoms with Crippen molar-refractivity contribution in [1.29, 1.82) is 0 Å². The molecule has 2 rings (SSSR count). The molecule has 1 saturated carbocycles. The summed E-state index contributed by atoms with van der Waals surface area (Å²) in [4.78, 5) is 12.1. The predicted molar refractivity (Wildman–Crippen MR) is 74.6 cm³/mol. The van der Waals surface area contributed by atoms with Crippen molar-refractivity contribution in [2.75, 3.05) is 0 Å². The highest BCUT2D eigenvalue weighted by Crippen LogP contribution is 2.25. The Morgan fingerprint density at radius 3 is 2.33 bits per heavy atom. The number of benzene rings is 1. The molecule has 1 atom stereocenters. The minimum absolute atomic E-state index is 0.0624. The average molecular weight is 245 g/mol. The van der Waals surface area contributed by atoms with Crippen LogP contribution in [0.4, 0.5) is 0 Å². The van der Waals surface area contributed by atoms with Gasteiger partial charge in [-0.3, -0.25) is 4.79 Å². The Hall–Kier alpha value is -1.31. The van der Waals surface area contributed by atoms with Gasteiger partial charge in [0.15, 0.2) is 0 Å². The number of carbonyl (C=O) groups is 1. The molecule has 18 heavy (non-hydrogen) atoms. The number of nitrogens with one attached hydrogen (secondary N) is 1. The van der Waals surface area contributed by atoms with Gasteiger partial charge in [-0.05, 0) is 37.8 Å². The lowest BCUT2D eigenvalue weighted by Crippen LogP contribution is -2.38. The Morgan fingerprint density at radius 2 is 1.72 bits per heavy atom. The molecule has 2 heteroatoms. The van der Waals surface area contributed by atoms with Crippen LogP contribution in [0.1, 0.15) is 55.8 Å². The molecule has 1 amide bonds. The highest BCUT2D eigenvalue weighted by Gasteiger charge is 2.20. The number of amides is 1. The SMILES string of the molecule is C[C@H](NC(=O)c1ccccc1)C1CCCCCC1. The lowest BCUT2D eigenvalue weighted by Gasteiger charge is -2.23. The van der Waals surface area contributed by atoms with E-state index in [0.717, 1.165) is 5.56 Å². The summed E-state index contributed by atoms with van der Waals surface area (Å²) in [6, 6.07) is 9.78. The van der Waals surface area contributed by atoms with Crippen LogP contribution in [-0.4, -0.2) is 11.9 Å². The molecule has 0 saturated heterocycles. The minimum atomic E-state index is 0.0624. The number of hydrogen-bond donors (Lipinski definition) is 1. The van der Waals surface area contributed by atoms with E-state index in [-0.39, 0.29) is 11.9 Å². The standard InChI is InChI=1S/C16H23NO/c1-13(14-9-5-2-3-6-10-14)17-16(18)15-11-7-4-8-12-15/h4,7-8,11-14H,2-3,5-6,9-10H2,1H3,(H,17,18)/t13-/m0/s1. The van der Waals surface area contributed by atoms with Crippen molar-refractivity contribution < 1.29 is 4.79 Å². The zero-order valence-electron chi connectivity index (χ0n) is 11.2. The third kappa shape index (κ3) is 3.59. The third-order valence-corrected chi connectivity index (χ3v) is 4.00. The molecular formula is C16H23NO. The minimum Gasteiger partial charge on any atom is -0.349 e. The molecular weight excluding hydrogens is 222 g/mol. The fourth-order valence-corrected chi connectivity index (χ4v) is 2.81. The van der Waals surface area contributed by atoms with Crippen molar-refractivity contribution in [2.45, 2.75) is 51.5 Å². The van der Waals surface area contributed by atoms with Crippen LogP contribution in [0.15, 0.2) is 30.3 Å². The van der Waals surface area contributed by atoms with Crippen LogP contribution in [0.3, 0.4) is 0 Å². The lowest BCUT2D eigenvalue weighted by molar-refractivity contribution is 0.0924. The first-order valence-electron chi connectivity index (χ1n) is 7.13. The summed E-state index contributed by atoms with van der Waals surface area (Å²) >= 11 is 0. The number of carbonyl (C=O) groups excluding carboxylic acids is 1. The molecule has 0 bridgehead atoms. The zero-order chi connectivity index (χ0) is 12.8. The van der Waals surface area contributed by atoms with Crippen LogP contribution >= 0.6 is 0 Å². The van der Waals surface area contributed by atoms with Crippen molar-refractivity contribution in [3.05, 3.63) is 35.9 Å². The molecule has 0 aliphatic heterocycles. The van der Waals surface area contributed by atoms with Gasteiger partial charge >= 0.3 is 0 Å². The second-order valence-corrected chi connectivity index (χ2v) is 5.38. The molecule has 0 radical (unpaired) electrons. The van der Waals surface area contributed by atoms with Gasteiger partial charge in [-0.15, -0.1) is 0 Å². The average Bonchev–Trinajstić information content (AvgIpc) is 2.68. The second kappa shape index (κ2) is 6.58. The second-order valence-electron chi connectivity index (χ2n) is 5.38. The molecule has 1 aliphatic carbocycles. The molecule has 1 N–H and O–H groups in total. The Bertz CT molecular complexity index is 366. The summed E-state index contributed by atoms with van der Waals surface area (Å²) < 4.78 is 0. The largest absolute Gasteiger partial charge is 0.349 e. The van der Waals surface area contributed by atoms with Gasteiger partial charge in [-0.25, -0.2) is 0 Å². The maximum atomic E-state index is 12.1. The molecule has 1 aromatic carbocycles. The van der Waals surface area contributed by atoms with Crippen molar-refractivity contribution in [2.24, 2.45) is 5.92 Å². The van der Waals surface area contributed by atoms with E-state index in [9.17, 15) is 4.79 Å². The van der Waals surface area contributed by atoms with E-state index in [0.29, 0.717) is 5.92 Å². The molecule has 0 heterocycles. The van der Waals surface area contributed by atoms with Crippen LogP contribution in [0.5, 0.6) is 0 Å². The van der Waals surface area contributed by atoms with Crippen molar-refractivity contribution in [3.8, 4) is 0 Å². The van der Waals surface area contributed by atoms with Crippen molar-refractivity contribution in [1.82, 2.24) is 5.32 Å². The summed E-state index contributed by atoms with van der Waals surface area (Å²) in [6.45, 7) is 2.15. The van der Waals surface area contributed by atoms with Crippen LogP contribution in [0, 0.1) is 5.92 Å². The van der Waals surface area contributed by atoms with Gasteiger partial charge in [0.1, 0.15) is 0 Å². The van der Waals surface area contributed by atoms with E-state index in [1.807, 2.05) is 30.3 Å². The van der Waals surface area contributed by atoms with Gasteiger partial charge in [-0.2, -0.15) is 0 Å². The molecule has 1 aromatic rings. The first-order valence-corrected chi connectivity index (χ1v) is 7.13. The van der Waals surface area contributed by atoms with Crippen LogP contribution in [-0.2, 0) is 0 Å². The first-order chi connectivity index (χ1) is 8.77. The number of rotatable bonds is 3. The van der Waals surface area contributed by atoms with Gasteiger partial charge in [-0.1, -0.05) is 43.9 Å². The molecule has 0 unspecified atom stereocenters. The first kappa shape index (κ1) is 13.1. The monoisotopic (exact) mass is 245 g/mol. The zero-order valence-corrected chi connectivity index (χ0v) is 11.2. The summed E-state index contributed by atoms with van der Waals surface area (Å²) in [7, 11) is 0. The molecule has 1 aliphatic rings. The van der Waals surface area contributed by atoms with E-state index in [1.54, 1.807) is 0 Å². The van der Waals surface area contributed by atoms with E-state index in [2.05, 4.69) is 12.2 Å². The van der Waals surface area contributed by atoms with Crippen molar-refractivity contribution >= 4 is 5.91 Å². The smallest absolute Gasteiger partial charge is 0.251 e. The Balaban J connectivity index is 1.90. The maximum Gasteiger partial charge on any atom is 0.251 e. The highest BCUT2D eigenvalue weighted by atomic mass is 16.1. The fraction of sp³-hybridized carbons (Fsp3) is 0.562. The van der Waals surface area contributed by atoms with E-state index < -0.39 is 0 Å². The lowest BCUT2D eigenvalue weighted by atomic mass is 9.93. The maximum absolute atomic E-state index is 12.1. The van der Waals surface area contributed by atoms with E-state index in [4.69, 9.17) is 0 Å².